The van der Waals surface area contributed by atoms with E-state index in [4.69, 9.17) is 0 Å². The molecule has 0 aliphatic rings. The van der Waals surface area contributed by atoms with Crippen molar-refractivity contribution in [1.29, 1.82) is 0 Å². The number of hydrazone groups is 1. The van der Waals surface area contributed by atoms with E-state index in [1.165, 1.54) is 36.4 Å². The van der Waals surface area contributed by atoms with Crippen LogP contribution in [0.3, 0.4) is 0 Å². The van der Waals surface area contributed by atoms with E-state index in [1.807, 2.05) is 0 Å². The molecule has 128 valence electrons. The van der Waals surface area contributed by atoms with Gasteiger partial charge in [0.15, 0.2) is 0 Å². The van der Waals surface area contributed by atoms with Crippen molar-refractivity contribution < 1.29 is 14.6 Å². The summed E-state index contributed by atoms with van der Waals surface area (Å²) in [6, 6.07) is 9.91. The van der Waals surface area contributed by atoms with Crippen LogP contribution in [0.1, 0.15) is 28.4 Å². The Morgan fingerprint density at radius 2 is 1.76 bits per heavy atom. The Bertz CT molecular complexity index is 892. The Hall–Kier alpha value is -3.62. The summed E-state index contributed by atoms with van der Waals surface area (Å²) in [5.41, 5.74) is 3.41. The molecule has 0 heterocycles. The molecule has 0 saturated carbocycles. The van der Waals surface area contributed by atoms with Crippen LogP contribution in [-0.4, -0.2) is 21.5 Å². The van der Waals surface area contributed by atoms with Gasteiger partial charge in [0.1, 0.15) is 0 Å². The summed E-state index contributed by atoms with van der Waals surface area (Å²) < 4.78 is 0. The molecule has 0 aliphatic heterocycles. The fraction of sp³-hybridized carbons (Fsp3) is 0.125. The number of nitrogens with one attached hydrogen (secondary N) is 1. The maximum atomic E-state index is 12.1. The number of carbonyl (C=O) groups excluding carboxylic acids is 1. The van der Waals surface area contributed by atoms with E-state index in [2.05, 4.69) is 10.5 Å². The minimum Gasteiger partial charge on any atom is -0.267 e. The summed E-state index contributed by atoms with van der Waals surface area (Å²) in [4.78, 5) is 32.7. The summed E-state index contributed by atoms with van der Waals surface area (Å²) in [5.74, 6) is -0.618. The largest absolute Gasteiger partial charge is 0.273 e. The summed E-state index contributed by atoms with van der Waals surface area (Å²) in [6.07, 6.45) is 0. The number of benzene rings is 2. The lowest BCUT2D eigenvalue weighted by atomic mass is 10.1. The zero-order valence-electron chi connectivity index (χ0n) is 13.4. The third-order valence-corrected chi connectivity index (χ3v) is 3.47. The fourth-order valence-corrected chi connectivity index (χ4v) is 2.06. The SMILES string of the molecule is C/C(=N\NC(=O)c1ccc(C)c([N+](=O)[O-])c1)c1cccc([N+](=O)[O-])c1. The smallest absolute Gasteiger partial charge is 0.267 e. The Labute approximate surface area is 142 Å². The zero-order valence-corrected chi connectivity index (χ0v) is 13.4. The molecular formula is C16H14N4O5. The molecule has 0 unspecified atom stereocenters. The number of hydrogen-bond acceptors (Lipinski definition) is 6. The summed E-state index contributed by atoms with van der Waals surface area (Å²) in [6.45, 7) is 3.15. The first-order valence-corrected chi connectivity index (χ1v) is 7.14. The maximum Gasteiger partial charge on any atom is 0.273 e. The van der Waals surface area contributed by atoms with E-state index in [1.54, 1.807) is 19.9 Å². The number of nitrogens with zero attached hydrogens (tertiary/aromatic N) is 3. The van der Waals surface area contributed by atoms with Crippen LogP contribution >= 0.6 is 0 Å². The van der Waals surface area contributed by atoms with Crippen molar-refractivity contribution >= 4 is 23.0 Å². The second-order valence-electron chi connectivity index (χ2n) is 5.20. The van der Waals surface area contributed by atoms with Gasteiger partial charge in [0, 0.05) is 34.9 Å². The molecule has 1 N–H and O–H groups in total. The molecule has 0 saturated heterocycles. The van der Waals surface area contributed by atoms with Gasteiger partial charge in [-0.2, -0.15) is 5.10 Å². The Morgan fingerprint density at radius 3 is 2.40 bits per heavy atom. The number of rotatable bonds is 5. The van der Waals surface area contributed by atoms with Crippen LogP contribution in [0, 0.1) is 27.2 Å². The van der Waals surface area contributed by atoms with Crippen molar-refractivity contribution in [3.05, 3.63) is 79.4 Å². The van der Waals surface area contributed by atoms with Gasteiger partial charge in [0.25, 0.3) is 17.3 Å². The van der Waals surface area contributed by atoms with Gasteiger partial charge < -0.3 is 0 Å². The highest BCUT2D eigenvalue weighted by Crippen LogP contribution is 2.19. The van der Waals surface area contributed by atoms with Crippen LogP contribution in [0.2, 0.25) is 0 Å². The molecule has 9 nitrogen and oxygen atoms in total. The van der Waals surface area contributed by atoms with Gasteiger partial charge in [-0.1, -0.05) is 18.2 Å². The molecule has 0 fully saturated rings. The average molecular weight is 342 g/mol. The minimum absolute atomic E-state index is 0.0902. The molecule has 2 aromatic rings. The zero-order chi connectivity index (χ0) is 18.6. The maximum absolute atomic E-state index is 12.1. The lowest BCUT2D eigenvalue weighted by Gasteiger charge is -2.04. The van der Waals surface area contributed by atoms with Gasteiger partial charge in [0.05, 0.1) is 15.6 Å². The highest BCUT2D eigenvalue weighted by atomic mass is 16.6. The predicted molar refractivity (Wildman–Crippen MR) is 90.6 cm³/mol. The molecule has 0 bridgehead atoms. The van der Waals surface area contributed by atoms with Crippen molar-refractivity contribution in [2.75, 3.05) is 0 Å². The van der Waals surface area contributed by atoms with Crippen LogP contribution in [0.15, 0.2) is 47.6 Å². The van der Waals surface area contributed by atoms with E-state index in [-0.39, 0.29) is 16.9 Å². The second kappa shape index (κ2) is 7.30. The number of aryl methyl sites for hydroxylation is 1. The highest BCUT2D eigenvalue weighted by Gasteiger charge is 2.15. The van der Waals surface area contributed by atoms with Crippen LogP contribution in [0.4, 0.5) is 11.4 Å². The average Bonchev–Trinajstić information content (AvgIpc) is 2.59. The van der Waals surface area contributed by atoms with Crippen molar-refractivity contribution in [2.45, 2.75) is 13.8 Å². The molecular weight excluding hydrogens is 328 g/mol. The van der Waals surface area contributed by atoms with Crippen molar-refractivity contribution in [3.63, 3.8) is 0 Å². The Balaban J connectivity index is 2.19. The van der Waals surface area contributed by atoms with Crippen LogP contribution in [0.25, 0.3) is 0 Å². The van der Waals surface area contributed by atoms with E-state index >= 15 is 0 Å². The summed E-state index contributed by atoms with van der Waals surface area (Å²) in [7, 11) is 0. The third kappa shape index (κ3) is 4.22. The van der Waals surface area contributed by atoms with Crippen LogP contribution in [0.5, 0.6) is 0 Å². The number of nitro benzene ring substituents is 2. The number of hydrogen-bond donors (Lipinski definition) is 1. The summed E-state index contributed by atoms with van der Waals surface area (Å²) in [5, 5.41) is 25.6. The van der Waals surface area contributed by atoms with Crippen molar-refractivity contribution in [3.8, 4) is 0 Å². The van der Waals surface area contributed by atoms with Crippen molar-refractivity contribution in [2.24, 2.45) is 5.10 Å². The monoisotopic (exact) mass is 342 g/mol. The van der Waals surface area contributed by atoms with Gasteiger partial charge in [-0.25, -0.2) is 5.43 Å². The molecule has 1 amide bonds. The molecule has 0 atom stereocenters. The van der Waals surface area contributed by atoms with Gasteiger partial charge in [0.2, 0.25) is 0 Å². The van der Waals surface area contributed by atoms with Crippen molar-refractivity contribution in [1.82, 2.24) is 5.43 Å². The topological polar surface area (TPSA) is 128 Å². The molecule has 0 radical (unpaired) electrons. The number of nitro groups is 2. The molecule has 25 heavy (non-hydrogen) atoms. The number of non-ortho nitro benzene ring substituents is 1. The van der Waals surface area contributed by atoms with Gasteiger partial charge in [-0.15, -0.1) is 0 Å². The normalized spacial score (nSPS) is 11.0. The first-order chi connectivity index (χ1) is 11.8. The van der Waals surface area contributed by atoms with Crippen LogP contribution in [-0.2, 0) is 0 Å². The minimum atomic E-state index is -0.618. The molecule has 0 spiro atoms. The molecule has 2 aromatic carbocycles. The molecule has 0 aromatic heterocycles. The van der Waals surface area contributed by atoms with E-state index in [9.17, 15) is 25.0 Å². The van der Waals surface area contributed by atoms with Gasteiger partial charge >= 0.3 is 0 Å². The van der Waals surface area contributed by atoms with Gasteiger partial charge in [-0.05, 0) is 19.9 Å². The first-order valence-electron chi connectivity index (χ1n) is 7.14. The lowest BCUT2D eigenvalue weighted by Crippen LogP contribution is -2.19. The quantitative estimate of drug-likeness (QED) is 0.507. The standard InChI is InChI=1S/C16H14N4O5/c1-10-6-7-13(9-15(10)20(24)25)16(21)18-17-11(2)12-4-3-5-14(8-12)19(22)23/h3-9H,1-2H3,(H,18,21)/b17-11+. The number of amides is 1. The molecule has 2 rings (SSSR count). The van der Waals surface area contributed by atoms with E-state index in [0.717, 1.165) is 0 Å². The first kappa shape index (κ1) is 17.7. The Kier molecular flexibility index (Phi) is 5.18. The predicted octanol–water partition coefficient (Wildman–Crippen LogP) is 2.97. The molecule has 9 heteroatoms. The number of carbonyl (C=O) groups is 1. The Morgan fingerprint density at radius 1 is 1.04 bits per heavy atom. The lowest BCUT2D eigenvalue weighted by molar-refractivity contribution is -0.385. The van der Waals surface area contributed by atoms with Gasteiger partial charge in [-0.3, -0.25) is 25.0 Å². The second-order valence-corrected chi connectivity index (χ2v) is 5.20. The molecule has 0 aliphatic carbocycles. The fourth-order valence-electron chi connectivity index (χ4n) is 2.06. The van der Waals surface area contributed by atoms with E-state index < -0.39 is 15.8 Å². The third-order valence-electron chi connectivity index (χ3n) is 3.47. The highest BCUT2D eigenvalue weighted by molar-refractivity contribution is 6.01. The van der Waals surface area contributed by atoms with Crippen LogP contribution < -0.4 is 5.43 Å². The van der Waals surface area contributed by atoms with E-state index in [0.29, 0.717) is 16.8 Å². The summed E-state index contributed by atoms with van der Waals surface area (Å²) >= 11 is 0.